The molecule has 0 heterocycles. The lowest BCUT2D eigenvalue weighted by molar-refractivity contribution is 0.0233. The van der Waals surface area contributed by atoms with Gasteiger partial charge in [0.05, 0.1) is 6.61 Å². The van der Waals surface area contributed by atoms with Crippen LogP contribution in [-0.2, 0) is 29.3 Å². The molecule has 8 heteroatoms. The van der Waals surface area contributed by atoms with Crippen LogP contribution in [0.4, 0.5) is 10.5 Å². The Bertz CT molecular complexity index is 1400. The molecule has 0 aromatic heterocycles. The van der Waals surface area contributed by atoms with E-state index in [9.17, 15) is 14.7 Å². The number of rotatable bonds is 11. The molecule has 0 unspecified atom stereocenters. The summed E-state index contributed by atoms with van der Waals surface area (Å²) in [6, 6.07) is 25.4. The van der Waals surface area contributed by atoms with Gasteiger partial charge in [0.25, 0.3) is 5.91 Å². The number of nitrogens with one attached hydrogen (secondary N) is 2. The first-order valence-electron chi connectivity index (χ1n) is 12.9. The molecular weight excluding hydrogens is 494 g/mol. The first-order chi connectivity index (χ1) is 18.9. The molecule has 0 bridgehead atoms. The average Bonchev–Trinajstić information content (AvgIpc) is 2.96. The molecule has 0 spiro atoms. The van der Waals surface area contributed by atoms with Crippen molar-refractivity contribution in [2.75, 3.05) is 18.4 Å². The lowest BCUT2D eigenvalue weighted by atomic mass is 10.0. The highest BCUT2D eigenvalue weighted by molar-refractivity contribution is 5.94. The number of hydroxylamine groups is 1. The molecule has 0 aliphatic heterocycles. The number of ether oxygens (including phenoxy) is 1. The van der Waals surface area contributed by atoms with Crippen LogP contribution < -0.4 is 10.8 Å². The SMILES string of the molecule is CCN(CC)Cc1ccc2cc(COC(=O)Nc3ccc(C(=O)NOCc4ccc(O)cc4)cc3)ccc2c1. The summed E-state index contributed by atoms with van der Waals surface area (Å²) >= 11 is 0. The van der Waals surface area contributed by atoms with Gasteiger partial charge in [-0.05, 0) is 89.1 Å². The van der Waals surface area contributed by atoms with Gasteiger partial charge in [0, 0.05) is 17.8 Å². The van der Waals surface area contributed by atoms with Crippen LogP contribution in [0.25, 0.3) is 10.8 Å². The van der Waals surface area contributed by atoms with E-state index in [1.54, 1.807) is 48.5 Å². The third-order valence-electron chi connectivity index (χ3n) is 6.37. The summed E-state index contributed by atoms with van der Waals surface area (Å²) < 4.78 is 5.39. The zero-order valence-corrected chi connectivity index (χ0v) is 22.1. The maximum atomic E-state index is 12.3. The Balaban J connectivity index is 1.23. The molecule has 202 valence electrons. The second kappa shape index (κ2) is 13.4. The van der Waals surface area contributed by atoms with Crippen molar-refractivity contribution in [2.45, 2.75) is 33.6 Å². The Kier molecular flexibility index (Phi) is 9.50. The van der Waals surface area contributed by atoms with Crippen molar-refractivity contribution in [1.29, 1.82) is 0 Å². The van der Waals surface area contributed by atoms with E-state index >= 15 is 0 Å². The molecule has 0 radical (unpaired) electrons. The number of phenols is 1. The van der Waals surface area contributed by atoms with Crippen LogP contribution in [0.15, 0.2) is 84.9 Å². The molecule has 39 heavy (non-hydrogen) atoms. The number of hydrogen-bond donors (Lipinski definition) is 3. The highest BCUT2D eigenvalue weighted by Gasteiger charge is 2.09. The number of carbonyl (C=O) groups is 2. The van der Waals surface area contributed by atoms with E-state index in [0.717, 1.165) is 41.5 Å². The van der Waals surface area contributed by atoms with E-state index in [-0.39, 0.29) is 19.0 Å². The number of nitrogens with zero attached hydrogens (tertiary/aromatic N) is 1. The molecule has 0 atom stereocenters. The Morgan fingerprint density at radius 1 is 0.769 bits per heavy atom. The maximum absolute atomic E-state index is 12.3. The topological polar surface area (TPSA) is 100 Å². The number of hydrogen-bond acceptors (Lipinski definition) is 6. The van der Waals surface area contributed by atoms with Crippen LogP contribution in [0.5, 0.6) is 5.75 Å². The summed E-state index contributed by atoms with van der Waals surface area (Å²) in [7, 11) is 0. The molecule has 0 fully saturated rings. The minimum atomic E-state index is -0.584. The fraction of sp³-hybridized carbons (Fsp3) is 0.226. The van der Waals surface area contributed by atoms with Crippen molar-refractivity contribution in [3.63, 3.8) is 0 Å². The molecule has 4 aromatic carbocycles. The van der Waals surface area contributed by atoms with Crippen molar-refractivity contribution in [3.05, 3.63) is 107 Å². The van der Waals surface area contributed by atoms with Crippen LogP contribution in [0, 0.1) is 0 Å². The number of aromatic hydroxyl groups is 1. The van der Waals surface area contributed by atoms with Crippen molar-refractivity contribution < 1.29 is 24.3 Å². The molecule has 4 rings (SSSR count). The third-order valence-corrected chi connectivity index (χ3v) is 6.37. The standard InChI is InChI=1S/C31H33N3O5/c1-3-34(4-2)19-23-5-9-27-18-24(6-10-26(27)17-23)20-38-31(37)32-28-13-11-25(12-14-28)30(36)33-39-21-22-7-15-29(35)16-8-22/h5-18,35H,3-4,19-21H2,1-2H3,(H,32,37)(H,33,36). The van der Waals surface area contributed by atoms with Gasteiger partial charge in [-0.3, -0.25) is 19.8 Å². The number of benzene rings is 4. The number of amides is 2. The molecule has 0 saturated heterocycles. The lowest BCUT2D eigenvalue weighted by Crippen LogP contribution is -2.23. The Morgan fingerprint density at radius 3 is 2.05 bits per heavy atom. The number of anilines is 1. The van der Waals surface area contributed by atoms with Gasteiger partial charge in [-0.25, -0.2) is 10.3 Å². The zero-order valence-electron chi connectivity index (χ0n) is 22.1. The van der Waals surface area contributed by atoms with Gasteiger partial charge in [-0.15, -0.1) is 0 Å². The van der Waals surface area contributed by atoms with E-state index in [0.29, 0.717) is 11.3 Å². The van der Waals surface area contributed by atoms with Gasteiger partial charge in [-0.1, -0.05) is 50.2 Å². The Morgan fingerprint density at radius 2 is 1.38 bits per heavy atom. The number of phenolic OH excluding ortho intramolecular Hbond substituents is 1. The van der Waals surface area contributed by atoms with Gasteiger partial charge in [0.15, 0.2) is 0 Å². The predicted molar refractivity (Wildman–Crippen MR) is 151 cm³/mol. The summed E-state index contributed by atoms with van der Waals surface area (Å²) in [5.74, 6) is -0.256. The summed E-state index contributed by atoms with van der Waals surface area (Å²) in [4.78, 5) is 32.2. The first-order valence-corrected chi connectivity index (χ1v) is 12.9. The largest absolute Gasteiger partial charge is 0.508 e. The molecule has 2 amide bonds. The smallest absolute Gasteiger partial charge is 0.411 e. The zero-order chi connectivity index (χ0) is 27.6. The van der Waals surface area contributed by atoms with Gasteiger partial charge < -0.3 is 9.84 Å². The van der Waals surface area contributed by atoms with Gasteiger partial charge in [0.1, 0.15) is 12.4 Å². The van der Waals surface area contributed by atoms with Gasteiger partial charge >= 0.3 is 6.09 Å². The summed E-state index contributed by atoms with van der Waals surface area (Å²) in [6.07, 6.45) is -0.584. The monoisotopic (exact) mass is 527 g/mol. The Hall–Kier alpha value is -4.40. The predicted octanol–water partition coefficient (Wildman–Crippen LogP) is 6.00. The van der Waals surface area contributed by atoms with Crippen LogP contribution in [-0.4, -0.2) is 35.1 Å². The van der Waals surface area contributed by atoms with Crippen molar-refractivity contribution >= 4 is 28.5 Å². The minimum absolute atomic E-state index is 0.141. The maximum Gasteiger partial charge on any atom is 0.411 e. The van der Waals surface area contributed by atoms with Crippen molar-refractivity contribution in [3.8, 4) is 5.75 Å². The third kappa shape index (κ3) is 8.04. The summed E-state index contributed by atoms with van der Waals surface area (Å²) in [6.45, 7) is 7.59. The molecule has 0 aliphatic carbocycles. The highest BCUT2D eigenvalue weighted by atomic mass is 16.6. The van der Waals surface area contributed by atoms with E-state index in [1.165, 1.54) is 5.56 Å². The van der Waals surface area contributed by atoms with E-state index in [2.05, 4.69) is 53.8 Å². The van der Waals surface area contributed by atoms with Gasteiger partial charge in [-0.2, -0.15) is 0 Å². The van der Waals surface area contributed by atoms with Crippen molar-refractivity contribution in [2.24, 2.45) is 0 Å². The molecule has 8 nitrogen and oxygen atoms in total. The molecule has 0 saturated carbocycles. The minimum Gasteiger partial charge on any atom is -0.508 e. The molecule has 4 aromatic rings. The van der Waals surface area contributed by atoms with Crippen LogP contribution in [0.3, 0.4) is 0 Å². The number of carbonyl (C=O) groups excluding carboxylic acids is 2. The average molecular weight is 528 g/mol. The summed E-state index contributed by atoms with van der Waals surface area (Å²) in [5.41, 5.74) is 6.22. The van der Waals surface area contributed by atoms with Crippen molar-refractivity contribution in [1.82, 2.24) is 10.4 Å². The van der Waals surface area contributed by atoms with E-state index in [4.69, 9.17) is 9.57 Å². The van der Waals surface area contributed by atoms with E-state index < -0.39 is 12.0 Å². The quantitative estimate of drug-likeness (QED) is 0.207. The Labute approximate surface area is 228 Å². The molecule has 0 aliphatic rings. The molecule has 3 N–H and O–H groups in total. The van der Waals surface area contributed by atoms with E-state index in [1.807, 2.05) is 12.1 Å². The van der Waals surface area contributed by atoms with Gasteiger partial charge in [0.2, 0.25) is 0 Å². The lowest BCUT2D eigenvalue weighted by Gasteiger charge is -2.18. The second-order valence-corrected chi connectivity index (χ2v) is 9.14. The van der Waals surface area contributed by atoms with Crippen LogP contribution >= 0.6 is 0 Å². The van der Waals surface area contributed by atoms with Crippen LogP contribution in [0.1, 0.15) is 40.9 Å². The first kappa shape index (κ1) is 27.6. The normalized spacial score (nSPS) is 10.9. The highest BCUT2D eigenvalue weighted by Crippen LogP contribution is 2.20. The molecular formula is C31H33N3O5. The number of fused-ring (bicyclic) bond motifs is 1. The fourth-order valence-electron chi connectivity index (χ4n) is 4.08. The fourth-order valence-corrected chi connectivity index (χ4v) is 4.08. The van der Waals surface area contributed by atoms with Crippen LogP contribution in [0.2, 0.25) is 0 Å². The summed E-state index contributed by atoms with van der Waals surface area (Å²) in [5, 5.41) is 14.2. The second-order valence-electron chi connectivity index (χ2n) is 9.14.